The summed E-state index contributed by atoms with van der Waals surface area (Å²) in [6.45, 7) is 9.92. The monoisotopic (exact) mass is 634 g/mol. The van der Waals surface area contributed by atoms with Crippen LogP contribution in [0, 0.1) is 5.92 Å². The summed E-state index contributed by atoms with van der Waals surface area (Å²) in [6, 6.07) is 22.2. The second kappa shape index (κ2) is 20.4. The molecule has 1 aliphatic rings. The second-order valence-corrected chi connectivity index (χ2v) is 22.8. The number of nitrogens with one attached hydrogen (secondary N) is 1. The zero-order valence-corrected chi connectivity index (χ0v) is 30.9. The van der Waals surface area contributed by atoms with Crippen molar-refractivity contribution in [3.05, 3.63) is 81.3 Å². The molecule has 43 heavy (non-hydrogen) atoms. The number of carbonyl (C=O) groups excluding carboxylic acids is 1. The van der Waals surface area contributed by atoms with Gasteiger partial charge in [-0.05, 0) is 0 Å². The molecule has 0 aliphatic heterocycles. The second-order valence-electron chi connectivity index (χ2n) is 13.0. The van der Waals surface area contributed by atoms with Crippen molar-refractivity contribution in [2.75, 3.05) is 0 Å². The van der Waals surface area contributed by atoms with Gasteiger partial charge in [-0.25, -0.2) is 0 Å². The van der Waals surface area contributed by atoms with E-state index in [1.54, 1.807) is 3.88 Å². The van der Waals surface area contributed by atoms with E-state index in [-0.39, 0.29) is 0 Å². The Morgan fingerprint density at radius 1 is 0.651 bits per heavy atom. The van der Waals surface area contributed by atoms with Gasteiger partial charge >= 0.3 is 228 Å². The Morgan fingerprint density at radius 3 is 1.47 bits per heavy atom. The molecule has 0 saturated heterocycles. The molecule has 1 aliphatic carbocycles. The van der Waals surface area contributed by atoms with Crippen molar-refractivity contribution in [1.29, 1.82) is 0 Å². The summed E-state index contributed by atoms with van der Waals surface area (Å²) in [7, 11) is 0. The van der Waals surface area contributed by atoms with Gasteiger partial charge in [0.05, 0.1) is 0 Å². The Kier molecular flexibility index (Phi) is 17.0. The van der Waals surface area contributed by atoms with Crippen LogP contribution >= 0.6 is 0 Å². The minimum atomic E-state index is -2.20. The van der Waals surface area contributed by atoms with Crippen molar-refractivity contribution < 1.29 is 22.2 Å². The first-order chi connectivity index (χ1) is 21.0. The Hall–Kier alpha value is -1.68. The van der Waals surface area contributed by atoms with E-state index >= 15 is 0 Å². The first-order valence-corrected chi connectivity index (χ1v) is 23.6. The number of allylic oxidation sites excluding steroid dienone is 4. The fourth-order valence-electron chi connectivity index (χ4n) is 6.78. The zero-order chi connectivity index (χ0) is 30.9. The number of rotatable bonds is 21. The van der Waals surface area contributed by atoms with Crippen molar-refractivity contribution in [3.63, 3.8) is 0 Å². The van der Waals surface area contributed by atoms with Crippen molar-refractivity contribution in [2.24, 2.45) is 5.92 Å². The number of hydrogen-bond donors (Lipinski definition) is 1. The molecule has 2 aromatic rings. The van der Waals surface area contributed by atoms with Crippen LogP contribution in [0.4, 0.5) is 0 Å². The van der Waals surface area contributed by atoms with Gasteiger partial charge < -0.3 is 0 Å². The molecule has 0 radical (unpaired) electrons. The van der Waals surface area contributed by atoms with E-state index in [0.717, 1.165) is 6.42 Å². The third-order valence-electron chi connectivity index (χ3n) is 9.77. The SMILES string of the molecule is CCCCCCCCCCCCCCCCCC(=O)[NH][Ti]([C]1=C(C)C(C)=C(C)C1C)[SiH](c1ccccc1)c1ccccc1. The standard InChI is InChI=1S/C18H37NO.C12H11Si.C9H13.Ti/c1-2-3-4-5-6-7-8-9-10-11-12-13-14-15-16-17-18(19)20;1-3-7-11(8-4-1)13-12-9-5-2-6-10-12;1-6-5-7(2)9(4)8(6)3;/h2-17H2,1H3,(H2,19,20);1-10,13H;6H,1-4H3;/q;;;+1/p-1. The van der Waals surface area contributed by atoms with E-state index in [4.69, 9.17) is 0 Å². The van der Waals surface area contributed by atoms with Gasteiger partial charge in [0.15, 0.2) is 0 Å². The maximum atomic E-state index is 13.6. The predicted molar refractivity (Wildman–Crippen MR) is 187 cm³/mol. The van der Waals surface area contributed by atoms with E-state index in [9.17, 15) is 4.79 Å². The fraction of sp³-hybridized carbons (Fsp3) is 0.564. The van der Waals surface area contributed by atoms with Crippen molar-refractivity contribution >= 4 is 22.9 Å². The van der Waals surface area contributed by atoms with Gasteiger partial charge in [-0.3, -0.25) is 0 Å². The Balaban J connectivity index is 1.50. The summed E-state index contributed by atoms with van der Waals surface area (Å²) in [5.41, 5.74) is 4.39. The van der Waals surface area contributed by atoms with Gasteiger partial charge in [0, 0.05) is 0 Å². The zero-order valence-electron chi connectivity index (χ0n) is 28.2. The van der Waals surface area contributed by atoms with E-state index in [2.05, 4.69) is 99.1 Å². The van der Waals surface area contributed by atoms with Crippen LogP contribution in [0.2, 0.25) is 0 Å². The molecule has 1 unspecified atom stereocenters. The molecule has 235 valence electrons. The van der Waals surface area contributed by atoms with E-state index < -0.39 is 24.0 Å². The molecule has 0 bridgehead atoms. The first kappa shape index (κ1) is 35.8. The molecule has 4 heteroatoms. The van der Waals surface area contributed by atoms with Gasteiger partial charge in [0.2, 0.25) is 0 Å². The fourth-order valence-corrected chi connectivity index (χ4v) is 22.0. The van der Waals surface area contributed by atoms with Gasteiger partial charge in [-0.15, -0.1) is 0 Å². The van der Waals surface area contributed by atoms with E-state index in [1.165, 1.54) is 117 Å². The van der Waals surface area contributed by atoms with Crippen molar-refractivity contribution in [1.82, 2.24) is 3.80 Å². The van der Waals surface area contributed by atoms with Crippen LogP contribution < -0.4 is 14.2 Å². The van der Waals surface area contributed by atoms with Crippen LogP contribution in [0.5, 0.6) is 0 Å². The average molecular weight is 635 g/mol. The topological polar surface area (TPSA) is 29.1 Å². The molecule has 3 rings (SSSR count). The third-order valence-corrected chi connectivity index (χ3v) is 23.2. The number of hydrogen-bond acceptors (Lipinski definition) is 1. The third kappa shape index (κ3) is 11.6. The summed E-state index contributed by atoms with van der Waals surface area (Å²) >= 11 is -2.20. The van der Waals surface area contributed by atoms with Gasteiger partial charge in [-0.2, -0.15) is 0 Å². The predicted octanol–water partition coefficient (Wildman–Crippen LogP) is 9.70. The van der Waals surface area contributed by atoms with Crippen LogP contribution in [0.3, 0.4) is 0 Å². The molecule has 1 atom stereocenters. The Morgan fingerprint density at radius 2 is 1.07 bits per heavy atom. The Bertz CT molecular complexity index is 1100. The van der Waals surface area contributed by atoms with Crippen LogP contribution in [0.1, 0.15) is 137 Å². The molecule has 2 aromatic carbocycles. The molecular weight excluding hydrogens is 574 g/mol. The minimum absolute atomic E-state index is 0.295. The molecule has 0 spiro atoms. The van der Waals surface area contributed by atoms with Crippen molar-refractivity contribution in [3.8, 4) is 0 Å². The van der Waals surface area contributed by atoms with Crippen LogP contribution in [-0.4, -0.2) is 12.6 Å². The summed E-state index contributed by atoms with van der Waals surface area (Å²) in [6.07, 6.45) is 20.9. The molecule has 0 saturated carbocycles. The quantitative estimate of drug-likeness (QED) is 0.108. The number of benzene rings is 2. The Labute approximate surface area is 272 Å². The van der Waals surface area contributed by atoms with E-state index in [1.807, 2.05) is 0 Å². The number of unbranched alkanes of at least 4 members (excludes halogenated alkanes) is 14. The van der Waals surface area contributed by atoms with Crippen LogP contribution in [0.25, 0.3) is 0 Å². The molecule has 2 nitrogen and oxygen atoms in total. The van der Waals surface area contributed by atoms with Crippen LogP contribution in [0.15, 0.2) is 81.3 Å². The van der Waals surface area contributed by atoms with Crippen molar-refractivity contribution in [2.45, 2.75) is 137 Å². The summed E-state index contributed by atoms with van der Waals surface area (Å²) < 4.78 is 5.41. The maximum absolute atomic E-state index is 13.6. The van der Waals surface area contributed by atoms with Gasteiger partial charge in [-0.1, -0.05) is 45.4 Å². The molecule has 1 N–H and O–H groups in total. The summed E-state index contributed by atoms with van der Waals surface area (Å²) in [4.78, 5) is 13.6. The van der Waals surface area contributed by atoms with Gasteiger partial charge in [0.25, 0.3) is 0 Å². The number of carbonyl (C=O) groups is 1. The number of amides is 1. The summed E-state index contributed by atoms with van der Waals surface area (Å²) in [5, 5.41) is 2.93. The van der Waals surface area contributed by atoms with E-state index in [0.29, 0.717) is 18.2 Å². The normalized spacial score (nSPS) is 15.1. The first-order valence-electron chi connectivity index (χ1n) is 17.6. The summed E-state index contributed by atoms with van der Waals surface area (Å²) in [5.74, 6) is 0.729. The average Bonchev–Trinajstić information content (AvgIpc) is 3.21. The van der Waals surface area contributed by atoms with Gasteiger partial charge in [0.1, 0.15) is 0 Å². The molecule has 0 fully saturated rings. The molecule has 1 amide bonds. The molecule has 0 heterocycles. The van der Waals surface area contributed by atoms with Crippen LogP contribution in [-0.2, 0) is 22.2 Å². The molecular formula is C39H60NOSiTi. The molecule has 0 aromatic heterocycles.